The SMILES string of the molecule is CCCC(C(C(=O)O)C(=O)O)N1C(=O)/C(=C/c2ccc(OC)cc2O)SC1=S. The third-order valence-electron chi connectivity index (χ3n) is 4.18. The van der Waals surface area contributed by atoms with Gasteiger partial charge < -0.3 is 20.1 Å². The predicted molar refractivity (Wildman–Crippen MR) is 107 cm³/mol. The lowest BCUT2D eigenvalue weighted by atomic mass is 9.94. The smallest absolute Gasteiger partial charge is 0.320 e. The van der Waals surface area contributed by atoms with E-state index in [1.165, 1.54) is 19.3 Å². The van der Waals surface area contributed by atoms with Crippen LogP contribution in [0.5, 0.6) is 11.5 Å². The molecule has 8 nitrogen and oxygen atoms in total. The fourth-order valence-electron chi connectivity index (χ4n) is 2.85. The van der Waals surface area contributed by atoms with Crippen molar-refractivity contribution in [3.05, 3.63) is 28.7 Å². The van der Waals surface area contributed by atoms with E-state index < -0.39 is 29.8 Å². The molecule has 1 amide bonds. The van der Waals surface area contributed by atoms with Crippen molar-refractivity contribution in [3.63, 3.8) is 0 Å². The van der Waals surface area contributed by atoms with Gasteiger partial charge in [0.05, 0.1) is 18.1 Å². The van der Waals surface area contributed by atoms with Crippen molar-refractivity contribution < 1.29 is 34.4 Å². The highest BCUT2D eigenvalue weighted by molar-refractivity contribution is 8.26. The van der Waals surface area contributed by atoms with Gasteiger partial charge in [0.25, 0.3) is 5.91 Å². The van der Waals surface area contributed by atoms with E-state index in [1.807, 2.05) is 0 Å². The van der Waals surface area contributed by atoms with Crippen LogP contribution in [0.15, 0.2) is 23.1 Å². The van der Waals surface area contributed by atoms with Crippen molar-refractivity contribution in [3.8, 4) is 11.5 Å². The molecule has 1 heterocycles. The molecular weight excluding hydrogens is 406 g/mol. The number of amides is 1. The second kappa shape index (κ2) is 9.07. The summed E-state index contributed by atoms with van der Waals surface area (Å²) in [5, 5.41) is 28.7. The number of hydrogen-bond acceptors (Lipinski definition) is 7. The summed E-state index contributed by atoms with van der Waals surface area (Å²) in [5.41, 5.74) is 0.348. The largest absolute Gasteiger partial charge is 0.507 e. The molecule has 150 valence electrons. The number of aromatic hydroxyl groups is 1. The number of ether oxygens (including phenoxy) is 1. The Bertz CT molecular complexity index is 838. The van der Waals surface area contributed by atoms with Gasteiger partial charge in [0, 0.05) is 11.6 Å². The van der Waals surface area contributed by atoms with Gasteiger partial charge in [-0.15, -0.1) is 0 Å². The van der Waals surface area contributed by atoms with Crippen molar-refractivity contribution in [2.24, 2.45) is 5.92 Å². The van der Waals surface area contributed by atoms with Gasteiger partial charge >= 0.3 is 11.9 Å². The van der Waals surface area contributed by atoms with E-state index in [-0.39, 0.29) is 21.4 Å². The molecular formula is C18H19NO7S2. The Balaban J connectivity index is 2.40. The highest BCUT2D eigenvalue weighted by Crippen LogP contribution is 2.38. The molecule has 1 aromatic carbocycles. The van der Waals surface area contributed by atoms with Gasteiger partial charge in [0.15, 0.2) is 5.92 Å². The summed E-state index contributed by atoms with van der Waals surface area (Å²) < 4.78 is 5.09. The van der Waals surface area contributed by atoms with Crippen molar-refractivity contribution >= 4 is 52.2 Å². The molecule has 1 fully saturated rings. The predicted octanol–water partition coefficient (Wildman–Crippen LogP) is 2.56. The number of phenols is 1. The number of methoxy groups -OCH3 is 1. The first kappa shape index (κ1) is 21.7. The lowest BCUT2D eigenvalue weighted by Gasteiger charge is -2.29. The third-order valence-corrected chi connectivity index (χ3v) is 5.51. The zero-order valence-electron chi connectivity index (χ0n) is 15.1. The highest BCUT2D eigenvalue weighted by Gasteiger charge is 2.45. The molecule has 0 bridgehead atoms. The van der Waals surface area contributed by atoms with Crippen LogP contribution in [-0.2, 0) is 14.4 Å². The Kier molecular flexibility index (Phi) is 7.03. The third kappa shape index (κ3) is 4.45. The van der Waals surface area contributed by atoms with Crippen molar-refractivity contribution in [1.82, 2.24) is 4.90 Å². The average Bonchev–Trinajstić information content (AvgIpc) is 2.89. The highest BCUT2D eigenvalue weighted by atomic mass is 32.2. The summed E-state index contributed by atoms with van der Waals surface area (Å²) in [6.45, 7) is 1.76. The van der Waals surface area contributed by atoms with E-state index in [2.05, 4.69) is 0 Å². The maximum Gasteiger partial charge on any atom is 0.320 e. The molecule has 1 aliphatic rings. The maximum atomic E-state index is 12.9. The van der Waals surface area contributed by atoms with E-state index in [1.54, 1.807) is 19.1 Å². The molecule has 10 heteroatoms. The second-order valence-electron chi connectivity index (χ2n) is 5.99. The summed E-state index contributed by atoms with van der Waals surface area (Å²) in [4.78, 5) is 37.1. The van der Waals surface area contributed by atoms with Gasteiger partial charge in [-0.25, -0.2) is 0 Å². The number of hydrogen-bond donors (Lipinski definition) is 3. The number of aliphatic carboxylic acids is 2. The molecule has 0 aliphatic carbocycles. The van der Waals surface area contributed by atoms with Crippen LogP contribution in [0, 0.1) is 5.92 Å². The zero-order chi connectivity index (χ0) is 21.0. The number of carboxylic acid groups (broad SMARTS) is 2. The molecule has 1 aromatic rings. The number of thiocarbonyl (C=S) groups is 1. The number of nitrogens with zero attached hydrogens (tertiary/aromatic N) is 1. The summed E-state index contributed by atoms with van der Waals surface area (Å²) in [6, 6.07) is 3.44. The van der Waals surface area contributed by atoms with Crippen LogP contribution < -0.4 is 4.74 Å². The molecule has 2 rings (SSSR count). The number of carboxylic acids is 2. The Morgan fingerprint density at radius 3 is 2.46 bits per heavy atom. The van der Waals surface area contributed by atoms with E-state index in [0.717, 1.165) is 16.7 Å². The number of phenolic OH excluding ortho intramolecular Hbond substituents is 1. The lowest BCUT2D eigenvalue weighted by molar-refractivity contribution is -0.157. The topological polar surface area (TPSA) is 124 Å². The van der Waals surface area contributed by atoms with Crippen LogP contribution in [0.4, 0.5) is 0 Å². The van der Waals surface area contributed by atoms with Crippen LogP contribution in [0.2, 0.25) is 0 Å². The molecule has 0 radical (unpaired) electrons. The molecule has 28 heavy (non-hydrogen) atoms. The standard InChI is InChI=1S/C18H19NO7S2/c1-3-4-11(14(16(22)23)17(24)25)19-15(21)13(28-18(19)27)7-9-5-6-10(26-2)8-12(9)20/h5-8,11,14,20H,3-4H2,1-2H3,(H,22,23)(H,24,25)/b13-7-. The monoisotopic (exact) mass is 425 g/mol. The van der Waals surface area contributed by atoms with Gasteiger partial charge in [-0.3, -0.25) is 19.3 Å². The minimum absolute atomic E-state index is 0.0789. The summed E-state index contributed by atoms with van der Waals surface area (Å²) in [5.74, 6) is -5.11. The van der Waals surface area contributed by atoms with Gasteiger partial charge in [-0.2, -0.15) is 0 Å². The van der Waals surface area contributed by atoms with Gasteiger partial charge in [-0.1, -0.05) is 37.3 Å². The second-order valence-corrected chi connectivity index (χ2v) is 7.66. The van der Waals surface area contributed by atoms with E-state index in [4.69, 9.17) is 17.0 Å². The van der Waals surface area contributed by atoms with Crippen molar-refractivity contribution in [1.29, 1.82) is 0 Å². The molecule has 1 atom stereocenters. The normalized spacial score (nSPS) is 16.7. The van der Waals surface area contributed by atoms with Crippen molar-refractivity contribution in [2.45, 2.75) is 25.8 Å². The number of carbonyl (C=O) groups is 3. The first-order chi connectivity index (χ1) is 13.2. The average molecular weight is 425 g/mol. The molecule has 1 aliphatic heterocycles. The summed E-state index contributed by atoms with van der Waals surface area (Å²) in [7, 11) is 1.45. The number of rotatable bonds is 8. The van der Waals surface area contributed by atoms with Crippen LogP contribution in [-0.4, -0.2) is 55.5 Å². The fourth-order valence-corrected chi connectivity index (χ4v) is 4.22. The Morgan fingerprint density at radius 1 is 1.32 bits per heavy atom. The Morgan fingerprint density at radius 2 is 1.96 bits per heavy atom. The van der Waals surface area contributed by atoms with Gasteiger partial charge in [-0.05, 0) is 24.6 Å². The number of benzene rings is 1. The van der Waals surface area contributed by atoms with Crippen LogP contribution in [0.25, 0.3) is 6.08 Å². The molecule has 0 spiro atoms. The Hall–Kier alpha value is -2.59. The van der Waals surface area contributed by atoms with Crippen LogP contribution in [0.3, 0.4) is 0 Å². The first-order valence-corrected chi connectivity index (χ1v) is 9.53. The van der Waals surface area contributed by atoms with Crippen LogP contribution in [0.1, 0.15) is 25.3 Å². The zero-order valence-corrected chi connectivity index (χ0v) is 16.7. The van der Waals surface area contributed by atoms with Crippen LogP contribution >= 0.6 is 24.0 Å². The summed E-state index contributed by atoms with van der Waals surface area (Å²) in [6.07, 6.45) is 2.06. The molecule has 1 unspecified atom stereocenters. The van der Waals surface area contributed by atoms with E-state index in [0.29, 0.717) is 17.7 Å². The minimum atomic E-state index is -1.80. The van der Waals surface area contributed by atoms with E-state index in [9.17, 15) is 29.7 Å². The number of carbonyl (C=O) groups excluding carboxylic acids is 1. The van der Waals surface area contributed by atoms with Gasteiger partial charge in [0.1, 0.15) is 15.8 Å². The van der Waals surface area contributed by atoms with E-state index >= 15 is 0 Å². The first-order valence-electron chi connectivity index (χ1n) is 8.30. The quantitative estimate of drug-likeness (QED) is 0.327. The van der Waals surface area contributed by atoms with Crippen molar-refractivity contribution in [2.75, 3.05) is 7.11 Å². The lowest BCUT2D eigenvalue weighted by Crippen LogP contribution is -2.48. The molecule has 1 saturated heterocycles. The number of thioether (sulfide) groups is 1. The van der Waals surface area contributed by atoms with Gasteiger partial charge in [0.2, 0.25) is 0 Å². The molecule has 3 N–H and O–H groups in total. The summed E-state index contributed by atoms with van der Waals surface area (Å²) >= 11 is 6.16. The minimum Gasteiger partial charge on any atom is -0.507 e. The molecule has 0 aromatic heterocycles. The molecule has 0 saturated carbocycles. The maximum absolute atomic E-state index is 12.9. The fraction of sp³-hybridized carbons (Fsp3) is 0.333. The Labute approximate surface area is 170 Å².